The Bertz CT molecular complexity index is 468. The van der Waals surface area contributed by atoms with Crippen molar-refractivity contribution in [2.75, 3.05) is 11.1 Å². The molecule has 1 heterocycles. The summed E-state index contributed by atoms with van der Waals surface area (Å²) < 4.78 is 0. The van der Waals surface area contributed by atoms with E-state index in [0.717, 1.165) is 16.6 Å². The second kappa shape index (κ2) is 5.44. The highest BCUT2D eigenvalue weighted by molar-refractivity contribution is 8.14. The van der Waals surface area contributed by atoms with Crippen LogP contribution in [0, 0.1) is 5.92 Å². The van der Waals surface area contributed by atoms with Crippen molar-refractivity contribution in [1.82, 2.24) is 0 Å². The minimum Gasteiger partial charge on any atom is -0.366 e. The lowest BCUT2D eigenvalue weighted by atomic mass is 10.1. The summed E-state index contributed by atoms with van der Waals surface area (Å²) in [4.78, 5) is 15.6. The monoisotopic (exact) mass is 263 g/mol. The normalized spacial score (nSPS) is 18.8. The number of anilines is 1. The number of benzene rings is 1. The first-order valence-electron chi connectivity index (χ1n) is 5.94. The smallest absolute Gasteiger partial charge is 0.248 e. The van der Waals surface area contributed by atoms with Crippen LogP contribution in [0.2, 0.25) is 0 Å². The second-order valence-electron chi connectivity index (χ2n) is 4.62. The summed E-state index contributed by atoms with van der Waals surface area (Å²) in [5, 5.41) is 4.20. The van der Waals surface area contributed by atoms with E-state index in [-0.39, 0.29) is 0 Å². The molecule has 1 aliphatic heterocycles. The topological polar surface area (TPSA) is 67.5 Å². The highest BCUT2D eigenvalue weighted by atomic mass is 32.2. The van der Waals surface area contributed by atoms with E-state index < -0.39 is 5.91 Å². The fourth-order valence-corrected chi connectivity index (χ4v) is 2.83. The second-order valence-corrected chi connectivity index (χ2v) is 5.63. The number of carbonyl (C=O) groups excluding carboxylic acids is 1. The van der Waals surface area contributed by atoms with Crippen molar-refractivity contribution < 1.29 is 4.79 Å². The van der Waals surface area contributed by atoms with Gasteiger partial charge < -0.3 is 11.1 Å². The van der Waals surface area contributed by atoms with Gasteiger partial charge in [-0.1, -0.05) is 25.6 Å². The van der Waals surface area contributed by atoms with Crippen LogP contribution >= 0.6 is 11.8 Å². The van der Waals surface area contributed by atoms with Crippen LogP contribution in [0.1, 0.15) is 24.2 Å². The average Bonchev–Trinajstić information content (AvgIpc) is 2.78. The lowest BCUT2D eigenvalue weighted by molar-refractivity contribution is 0.100. The van der Waals surface area contributed by atoms with Crippen molar-refractivity contribution in [1.29, 1.82) is 0 Å². The van der Waals surface area contributed by atoms with Crippen molar-refractivity contribution in [3.05, 3.63) is 29.8 Å². The third kappa shape index (κ3) is 3.04. The van der Waals surface area contributed by atoms with E-state index in [1.165, 1.54) is 0 Å². The Morgan fingerprint density at radius 1 is 1.44 bits per heavy atom. The number of hydrogen-bond donors (Lipinski definition) is 2. The molecule has 1 atom stereocenters. The molecular formula is C13H17N3OS. The molecule has 1 aromatic rings. The molecule has 0 saturated heterocycles. The Hall–Kier alpha value is -1.49. The third-order valence-corrected chi connectivity index (χ3v) is 3.85. The zero-order valence-corrected chi connectivity index (χ0v) is 11.3. The predicted molar refractivity (Wildman–Crippen MR) is 77.1 cm³/mol. The van der Waals surface area contributed by atoms with Crippen LogP contribution in [0.5, 0.6) is 0 Å². The summed E-state index contributed by atoms with van der Waals surface area (Å²) in [7, 11) is 0. The molecule has 2 rings (SSSR count). The highest BCUT2D eigenvalue weighted by Crippen LogP contribution is 2.24. The van der Waals surface area contributed by atoms with E-state index in [1.807, 2.05) is 12.1 Å². The molecule has 4 nitrogen and oxygen atoms in total. The summed E-state index contributed by atoms with van der Waals surface area (Å²) >= 11 is 1.73. The van der Waals surface area contributed by atoms with Crippen LogP contribution in [0.4, 0.5) is 5.69 Å². The van der Waals surface area contributed by atoms with Gasteiger partial charge in [0.1, 0.15) is 0 Å². The standard InChI is InChI=1S/C13H17N3OS/c1-8(2)11-7-18-13(16-11)15-10-5-3-9(4-6-10)12(14)17/h3-6,8,11H,7H2,1-2H3,(H2,14,17)(H,15,16)/t11-/m1/s1. The summed E-state index contributed by atoms with van der Waals surface area (Å²) in [5.41, 5.74) is 6.63. The number of aliphatic imine (C=N–C) groups is 1. The molecule has 0 aromatic heterocycles. The number of rotatable bonds is 3. The molecule has 1 amide bonds. The summed E-state index contributed by atoms with van der Waals surface area (Å²) in [6, 6.07) is 7.50. The molecule has 0 saturated carbocycles. The minimum absolute atomic E-state index is 0.391. The average molecular weight is 263 g/mol. The van der Waals surface area contributed by atoms with E-state index >= 15 is 0 Å². The van der Waals surface area contributed by atoms with Gasteiger partial charge in [-0.25, -0.2) is 0 Å². The molecule has 18 heavy (non-hydrogen) atoms. The number of primary amides is 1. The van der Waals surface area contributed by atoms with Crippen molar-refractivity contribution >= 4 is 28.5 Å². The molecule has 0 fully saturated rings. The maximum Gasteiger partial charge on any atom is 0.248 e. The van der Waals surface area contributed by atoms with Gasteiger partial charge in [0, 0.05) is 17.0 Å². The first-order chi connectivity index (χ1) is 8.56. The molecule has 3 N–H and O–H groups in total. The number of nitrogens with zero attached hydrogens (tertiary/aromatic N) is 1. The fraction of sp³-hybridized carbons (Fsp3) is 0.385. The van der Waals surface area contributed by atoms with Crippen LogP contribution in [-0.4, -0.2) is 22.9 Å². The number of amides is 1. The molecule has 0 spiro atoms. The molecule has 96 valence electrons. The van der Waals surface area contributed by atoms with Gasteiger partial charge in [0.05, 0.1) is 6.04 Å². The van der Waals surface area contributed by atoms with E-state index in [2.05, 4.69) is 24.2 Å². The third-order valence-electron chi connectivity index (χ3n) is 2.86. The van der Waals surface area contributed by atoms with Crippen molar-refractivity contribution in [3.63, 3.8) is 0 Å². The molecule has 5 heteroatoms. The number of thioether (sulfide) groups is 1. The van der Waals surface area contributed by atoms with E-state index in [1.54, 1.807) is 23.9 Å². The first kappa shape index (κ1) is 13.0. The van der Waals surface area contributed by atoms with Crippen molar-refractivity contribution in [2.24, 2.45) is 16.6 Å². The zero-order valence-electron chi connectivity index (χ0n) is 10.5. The van der Waals surface area contributed by atoms with E-state index in [4.69, 9.17) is 5.73 Å². The van der Waals surface area contributed by atoms with Gasteiger partial charge in [0.15, 0.2) is 5.17 Å². The maximum absolute atomic E-state index is 10.9. The zero-order chi connectivity index (χ0) is 13.1. The SMILES string of the molecule is CC(C)[C@H]1CSC(Nc2ccc(C(N)=O)cc2)=N1. The fourth-order valence-electron chi connectivity index (χ4n) is 1.64. The molecule has 1 aromatic carbocycles. The van der Waals surface area contributed by atoms with E-state index in [9.17, 15) is 4.79 Å². The van der Waals surface area contributed by atoms with Crippen LogP contribution in [0.3, 0.4) is 0 Å². The lowest BCUT2D eigenvalue weighted by Crippen LogP contribution is -2.12. The lowest BCUT2D eigenvalue weighted by Gasteiger charge is -2.08. The number of hydrogen-bond acceptors (Lipinski definition) is 4. The Morgan fingerprint density at radius 2 is 2.11 bits per heavy atom. The number of nitrogens with one attached hydrogen (secondary N) is 1. The Kier molecular flexibility index (Phi) is 3.91. The van der Waals surface area contributed by atoms with E-state index in [0.29, 0.717) is 17.5 Å². The van der Waals surface area contributed by atoms with Gasteiger partial charge in [0.25, 0.3) is 0 Å². The van der Waals surface area contributed by atoms with Crippen molar-refractivity contribution in [2.45, 2.75) is 19.9 Å². The van der Waals surface area contributed by atoms with Gasteiger partial charge in [-0.05, 0) is 30.2 Å². The summed E-state index contributed by atoms with van der Waals surface area (Å²) in [6.45, 7) is 4.36. The Morgan fingerprint density at radius 3 is 2.61 bits per heavy atom. The van der Waals surface area contributed by atoms with Crippen LogP contribution in [0.25, 0.3) is 0 Å². The highest BCUT2D eigenvalue weighted by Gasteiger charge is 2.20. The molecule has 0 unspecified atom stereocenters. The molecule has 0 radical (unpaired) electrons. The van der Waals surface area contributed by atoms with Gasteiger partial charge in [-0.2, -0.15) is 0 Å². The largest absolute Gasteiger partial charge is 0.366 e. The van der Waals surface area contributed by atoms with Gasteiger partial charge in [0.2, 0.25) is 5.91 Å². The molecular weight excluding hydrogens is 246 g/mol. The predicted octanol–water partition coefficient (Wildman–Crippen LogP) is 2.32. The van der Waals surface area contributed by atoms with Crippen LogP contribution < -0.4 is 11.1 Å². The molecule has 1 aliphatic rings. The van der Waals surface area contributed by atoms with Gasteiger partial charge >= 0.3 is 0 Å². The maximum atomic E-state index is 10.9. The first-order valence-corrected chi connectivity index (χ1v) is 6.92. The molecule has 0 bridgehead atoms. The Labute approximate surface area is 111 Å². The number of nitrogens with two attached hydrogens (primary N) is 1. The van der Waals surface area contributed by atoms with Crippen molar-refractivity contribution in [3.8, 4) is 0 Å². The minimum atomic E-state index is -0.408. The Balaban J connectivity index is 2.02. The van der Waals surface area contributed by atoms with Gasteiger partial charge in [-0.3, -0.25) is 9.79 Å². The van der Waals surface area contributed by atoms with Gasteiger partial charge in [-0.15, -0.1) is 0 Å². The quantitative estimate of drug-likeness (QED) is 0.879. The summed E-state index contributed by atoms with van der Waals surface area (Å²) in [5.74, 6) is 1.18. The molecule has 0 aliphatic carbocycles. The number of amidine groups is 1. The number of carbonyl (C=O) groups is 1. The summed E-state index contributed by atoms with van der Waals surface area (Å²) in [6.07, 6.45) is 0. The van der Waals surface area contributed by atoms with Crippen LogP contribution in [0.15, 0.2) is 29.3 Å². The van der Waals surface area contributed by atoms with Crippen LogP contribution in [-0.2, 0) is 0 Å².